The predicted octanol–water partition coefficient (Wildman–Crippen LogP) is 2.61. The van der Waals surface area contributed by atoms with Crippen LogP contribution in [0.3, 0.4) is 0 Å². The van der Waals surface area contributed by atoms with Crippen LogP contribution in [0.4, 0.5) is 11.4 Å². The largest absolute Gasteiger partial charge is 0.487 e. The highest BCUT2D eigenvalue weighted by atomic mass is 16.6. The first-order chi connectivity index (χ1) is 9.65. The summed E-state index contributed by atoms with van der Waals surface area (Å²) in [5, 5.41) is 11.0. The van der Waals surface area contributed by atoms with Crippen molar-refractivity contribution < 1.29 is 14.4 Å². The third-order valence-electron chi connectivity index (χ3n) is 3.58. The van der Waals surface area contributed by atoms with E-state index in [0.29, 0.717) is 18.5 Å². The smallest absolute Gasteiger partial charge is 0.311 e. The second-order valence-electron chi connectivity index (χ2n) is 4.76. The van der Waals surface area contributed by atoms with E-state index < -0.39 is 4.92 Å². The summed E-state index contributed by atoms with van der Waals surface area (Å²) in [5.41, 5.74) is 0.982. The lowest BCUT2D eigenvalue weighted by Gasteiger charge is -2.33. The molecular formula is C14H20N2O4. The summed E-state index contributed by atoms with van der Waals surface area (Å²) < 4.78 is 10.7. The van der Waals surface area contributed by atoms with Crippen molar-refractivity contribution in [3.8, 4) is 5.75 Å². The van der Waals surface area contributed by atoms with Gasteiger partial charge in [-0.1, -0.05) is 0 Å². The number of ether oxygens (including phenoxy) is 2. The van der Waals surface area contributed by atoms with Crippen molar-refractivity contribution in [2.45, 2.75) is 25.9 Å². The lowest BCUT2D eigenvalue weighted by atomic mass is 10.1. The quantitative estimate of drug-likeness (QED) is 0.612. The Morgan fingerprint density at radius 3 is 2.65 bits per heavy atom. The molecule has 0 N–H and O–H groups in total. The second-order valence-corrected chi connectivity index (χ2v) is 4.76. The molecule has 0 aromatic heterocycles. The molecule has 1 aliphatic rings. The molecule has 1 aromatic carbocycles. The molecule has 1 fully saturated rings. The van der Waals surface area contributed by atoms with Crippen molar-refractivity contribution >= 4 is 11.4 Å². The number of hydrogen-bond donors (Lipinski definition) is 0. The van der Waals surface area contributed by atoms with E-state index in [0.717, 1.165) is 31.6 Å². The summed E-state index contributed by atoms with van der Waals surface area (Å²) in [4.78, 5) is 12.8. The van der Waals surface area contributed by atoms with Gasteiger partial charge in [0, 0.05) is 38.0 Å². The highest BCUT2D eigenvalue weighted by Gasteiger charge is 2.22. The molecule has 6 heteroatoms. The minimum atomic E-state index is -0.411. The van der Waals surface area contributed by atoms with Gasteiger partial charge in [0.2, 0.25) is 0 Å². The number of benzene rings is 1. The Balaban J connectivity index is 2.16. The van der Waals surface area contributed by atoms with Crippen LogP contribution in [0.1, 0.15) is 19.8 Å². The third-order valence-corrected chi connectivity index (χ3v) is 3.58. The van der Waals surface area contributed by atoms with Gasteiger partial charge in [0.05, 0.1) is 17.6 Å². The molecule has 0 bridgehead atoms. The van der Waals surface area contributed by atoms with Crippen LogP contribution in [-0.2, 0) is 4.74 Å². The zero-order valence-electron chi connectivity index (χ0n) is 11.9. The normalized spacial score (nSPS) is 16.2. The number of anilines is 1. The van der Waals surface area contributed by atoms with Gasteiger partial charge < -0.3 is 14.4 Å². The summed E-state index contributed by atoms with van der Waals surface area (Å²) >= 11 is 0. The molecule has 1 heterocycles. The van der Waals surface area contributed by atoms with Crippen LogP contribution >= 0.6 is 0 Å². The maximum atomic E-state index is 11.0. The van der Waals surface area contributed by atoms with Crippen LogP contribution in [0.25, 0.3) is 0 Å². The lowest BCUT2D eigenvalue weighted by Crippen LogP contribution is -2.36. The third kappa shape index (κ3) is 3.19. The molecule has 1 saturated heterocycles. The molecule has 1 aromatic rings. The zero-order valence-corrected chi connectivity index (χ0v) is 11.9. The van der Waals surface area contributed by atoms with Crippen molar-refractivity contribution in [2.24, 2.45) is 0 Å². The number of hydrogen-bond acceptors (Lipinski definition) is 5. The Morgan fingerprint density at radius 1 is 1.40 bits per heavy atom. The molecule has 6 nitrogen and oxygen atoms in total. The summed E-state index contributed by atoms with van der Waals surface area (Å²) in [6, 6.07) is 5.06. The Morgan fingerprint density at radius 2 is 2.10 bits per heavy atom. The molecule has 0 saturated carbocycles. The number of rotatable bonds is 5. The van der Waals surface area contributed by atoms with E-state index in [4.69, 9.17) is 9.47 Å². The van der Waals surface area contributed by atoms with Crippen LogP contribution in [0, 0.1) is 10.1 Å². The van der Waals surface area contributed by atoms with E-state index in [1.165, 1.54) is 6.07 Å². The summed E-state index contributed by atoms with van der Waals surface area (Å²) in [6.07, 6.45) is 2.25. The highest BCUT2D eigenvalue weighted by molar-refractivity contribution is 5.59. The maximum Gasteiger partial charge on any atom is 0.311 e. The molecule has 20 heavy (non-hydrogen) atoms. The minimum absolute atomic E-state index is 0.0161. The number of methoxy groups -OCH3 is 1. The maximum absolute atomic E-state index is 11.0. The second kappa shape index (κ2) is 6.56. The Kier molecular flexibility index (Phi) is 4.79. The molecule has 0 atom stereocenters. The van der Waals surface area contributed by atoms with E-state index in [-0.39, 0.29) is 5.69 Å². The SMILES string of the molecule is CCOc1cc(N2CCC(OC)CC2)ccc1[N+](=O)[O-]. The number of nitro benzene ring substituents is 1. The Bertz CT molecular complexity index is 470. The van der Waals surface area contributed by atoms with Gasteiger partial charge in [-0.25, -0.2) is 0 Å². The first kappa shape index (κ1) is 14.6. The zero-order chi connectivity index (χ0) is 14.5. The summed E-state index contributed by atoms with van der Waals surface area (Å²) in [6.45, 7) is 4.01. The molecule has 0 spiro atoms. The number of piperidine rings is 1. The molecule has 0 amide bonds. The first-order valence-electron chi connectivity index (χ1n) is 6.84. The first-order valence-corrected chi connectivity index (χ1v) is 6.84. The molecular weight excluding hydrogens is 260 g/mol. The van der Waals surface area contributed by atoms with Crippen molar-refractivity contribution in [1.29, 1.82) is 0 Å². The minimum Gasteiger partial charge on any atom is -0.487 e. The fourth-order valence-electron chi connectivity index (χ4n) is 2.47. The molecule has 2 rings (SSSR count). The average molecular weight is 280 g/mol. The van der Waals surface area contributed by atoms with E-state index in [1.807, 2.05) is 6.92 Å². The topological polar surface area (TPSA) is 64.8 Å². The van der Waals surface area contributed by atoms with Gasteiger partial charge >= 0.3 is 5.69 Å². The van der Waals surface area contributed by atoms with E-state index in [9.17, 15) is 10.1 Å². The van der Waals surface area contributed by atoms with Crippen LogP contribution in [0.2, 0.25) is 0 Å². The predicted molar refractivity (Wildman–Crippen MR) is 76.5 cm³/mol. The van der Waals surface area contributed by atoms with Gasteiger partial charge in [0.25, 0.3) is 0 Å². The number of nitrogens with zero attached hydrogens (tertiary/aromatic N) is 2. The van der Waals surface area contributed by atoms with Gasteiger partial charge in [-0.3, -0.25) is 10.1 Å². The molecule has 0 radical (unpaired) electrons. The van der Waals surface area contributed by atoms with E-state index in [1.54, 1.807) is 19.2 Å². The van der Waals surface area contributed by atoms with Gasteiger partial charge in [-0.05, 0) is 25.8 Å². The fourth-order valence-corrected chi connectivity index (χ4v) is 2.47. The molecule has 0 unspecified atom stereocenters. The van der Waals surface area contributed by atoms with Gasteiger partial charge in [0.1, 0.15) is 0 Å². The monoisotopic (exact) mass is 280 g/mol. The van der Waals surface area contributed by atoms with Crippen LogP contribution in [0.5, 0.6) is 5.75 Å². The van der Waals surface area contributed by atoms with E-state index >= 15 is 0 Å². The van der Waals surface area contributed by atoms with Crippen LogP contribution < -0.4 is 9.64 Å². The standard InChI is InChI=1S/C14H20N2O4/c1-3-20-14-10-11(4-5-13(14)16(17)18)15-8-6-12(19-2)7-9-15/h4-5,10,12H,3,6-9H2,1-2H3. The number of nitro groups is 1. The fraction of sp³-hybridized carbons (Fsp3) is 0.571. The van der Waals surface area contributed by atoms with E-state index in [2.05, 4.69) is 4.90 Å². The molecule has 110 valence electrons. The van der Waals surface area contributed by atoms with Crippen LogP contribution in [-0.4, -0.2) is 37.8 Å². The Labute approximate surface area is 118 Å². The van der Waals surface area contributed by atoms with Gasteiger partial charge in [-0.2, -0.15) is 0 Å². The van der Waals surface area contributed by atoms with Crippen molar-refractivity contribution in [1.82, 2.24) is 0 Å². The van der Waals surface area contributed by atoms with Crippen molar-refractivity contribution in [3.05, 3.63) is 28.3 Å². The summed E-state index contributed by atoms with van der Waals surface area (Å²) in [5.74, 6) is 0.337. The van der Waals surface area contributed by atoms with Crippen molar-refractivity contribution in [2.75, 3.05) is 31.7 Å². The average Bonchev–Trinajstić information content (AvgIpc) is 2.47. The van der Waals surface area contributed by atoms with Gasteiger partial charge in [0.15, 0.2) is 5.75 Å². The summed E-state index contributed by atoms with van der Waals surface area (Å²) in [7, 11) is 1.74. The Hall–Kier alpha value is -1.82. The van der Waals surface area contributed by atoms with Crippen molar-refractivity contribution in [3.63, 3.8) is 0 Å². The van der Waals surface area contributed by atoms with Crippen LogP contribution in [0.15, 0.2) is 18.2 Å². The molecule has 1 aliphatic heterocycles. The molecule has 0 aliphatic carbocycles. The lowest BCUT2D eigenvalue weighted by molar-refractivity contribution is -0.385. The highest BCUT2D eigenvalue weighted by Crippen LogP contribution is 2.32. The van der Waals surface area contributed by atoms with Gasteiger partial charge in [-0.15, -0.1) is 0 Å².